The highest BCUT2D eigenvalue weighted by atomic mass is 16.7. The van der Waals surface area contributed by atoms with Crippen molar-refractivity contribution in [3.8, 4) is 11.5 Å². The lowest BCUT2D eigenvalue weighted by molar-refractivity contribution is 0.174. The zero-order chi connectivity index (χ0) is 17.3. The van der Waals surface area contributed by atoms with Crippen LogP contribution < -0.4 is 14.4 Å². The summed E-state index contributed by atoms with van der Waals surface area (Å²) >= 11 is 0. The van der Waals surface area contributed by atoms with E-state index in [0.29, 0.717) is 6.79 Å². The fourth-order valence-electron chi connectivity index (χ4n) is 3.93. The molecule has 0 spiro atoms. The summed E-state index contributed by atoms with van der Waals surface area (Å²) < 4.78 is 10.9. The number of fused-ring (bicyclic) bond motifs is 1. The van der Waals surface area contributed by atoms with Gasteiger partial charge in [0.2, 0.25) is 6.79 Å². The number of aromatic nitrogens is 1. The Hall–Kier alpha value is -2.27. The van der Waals surface area contributed by atoms with Crippen molar-refractivity contribution in [2.24, 2.45) is 5.41 Å². The molecule has 0 bridgehead atoms. The van der Waals surface area contributed by atoms with Gasteiger partial charge in [0.1, 0.15) is 5.82 Å². The van der Waals surface area contributed by atoms with Gasteiger partial charge in [-0.1, -0.05) is 13.0 Å². The first-order valence-electron chi connectivity index (χ1n) is 8.84. The van der Waals surface area contributed by atoms with Crippen LogP contribution in [0, 0.1) is 5.41 Å². The van der Waals surface area contributed by atoms with Gasteiger partial charge in [-0.2, -0.15) is 0 Å². The van der Waals surface area contributed by atoms with Gasteiger partial charge in [0.25, 0.3) is 0 Å². The topological polar surface area (TPSA) is 54.8 Å². The summed E-state index contributed by atoms with van der Waals surface area (Å²) in [6.07, 6.45) is 5.12. The molecular weight excluding hydrogens is 316 g/mol. The van der Waals surface area contributed by atoms with E-state index >= 15 is 0 Å². The first kappa shape index (κ1) is 16.2. The smallest absolute Gasteiger partial charge is 0.231 e. The fourth-order valence-corrected chi connectivity index (χ4v) is 3.93. The van der Waals surface area contributed by atoms with E-state index in [0.717, 1.165) is 48.8 Å². The maximum atomic E-state index is 9.37. The molecule has 1 N–H and O–H groups in total. The second kappa shape index (κ2) is 6.56. The van der Waals surface area contributed by atoms with Crippen molar-refractivity contribution in [3.63, 3.8) is 0 Å². The second-order valence-electron chi connectivity index (χ2n) is 7.38. The molecule has 1 atom stereocenters. The van der Waals surface area contributed by atoms with Crippen LogP contribution in [0.15, 0.2) is 36.5 Å². The minimum atomic E-state index is 0.0534. The molecule has 0 aliphatic carbocycles. The SMILES string of the molecule is C[C@]1(Cc2ccc3c(c2)OCO3)CCCN(c2cc(CO)ccn2)C1. The average Bonchev–Trinajstić information content (AvgIpc) is 3.09. The molecule has 5 nitrogen and oxygen atoms in total. The van der Waals surface area contributed by atoms with Gasteiger partial charge in [-0.25, -0.2) is 4.98 Å². The number of rotatable bonds is 4. The first-order valence-corrected chi connectivity index (χ1v) is 8.84. The molecule has 3 heterocycles. The number of hydrogen-bond acceptors (Lipinski definition) is 5. The zero-order valence-corrected chi connectivity index (χ0v) is 14.6. The van der Waals surface area contributed by atoms with E-state index in [2.05, 4.69) is 28.9 Å². The molecule has 1 fully saturated rings. The highest BCUT2D eigenvalue weighted by molar-refractivity contribution is 5.45. The molecule has 25 heavy (non-hydrogen) atoms. The van der Waals surface area contributed by atoms with E-state index in [1.165, 1.54) is 12.0 Å². The molecule has 2 aliphatic rings. The number of ether oxygens (including phenoxy) is 2. The Morgan fingerprint density at radius 1 is 1.16 bits per heavy atom. The van der Waals surface area contributed by atoms with Gasteiger partial charge < -0.3 is 19.5 Å². The Balaban J connectivity index is 1.51. The van der Waals surface area contributed by atoms with Crippen LogP contribution in [0.4, 0.5) is 5.82 Å². The van der Waals surface area contributed by atoms with Crippen molar-refractivity contribution >= 4 is 5.82 Å². The second-order valence-corrected chi connectivity index (χ2v) is 7.38. The lowest BCUT2D eigenvalue weighted by Gasteiger charge is -2.41. The molecule has 0 unspecified atom stereocenters. The van der Waals surface area contributed by atoms with Crippen molar-refractivity contribution in [3.05, 3.63) is 47.7 Å². The zero-order valence-electron chi connectivity index (χ0n) is 14.6. The number of aliphatic hydroxyl groups is 1. The van der Waals surface area contributed by atoms with Gasteiger partial charge in [-0.3, -0.25) is 0 Å². The van der Waals surface area contributed by atoms with Gasteiger partial charge in [-0.15, -0.1) is 0 Å². The van der Waals surface area contributed by atoms with Crippen LogP contribution in [0.1, 0.15) is 30.9 Å². The number of anilines is 1. The van der Waals surface area contributed by atoms with E-state index in [9.17, 15) is 5.11 Å². The van der Waals surface area contributed by atoms with Crippen molar-refractivity contribution in [1.29, 1.82) is 0 Å². The summed E-state index contributed by atoms with van der Waals surface area (Å²) in [5.41, 5.74) is 2.38. The predicted molar refractivity (Wildman–Crippen MR) is 96.0 cm³/mol. The number of piperidine rings is 1. The number of nitrogens with zero attached hydrogens (tertiary/aromatic N) is 2. The Bertz CT molecular complexity index is 764. The summed E-state index contributed by atoms with van der Waals surface area (Å²) in [5, 5.41) is 9.37. The van der Waals surface area contributed by atoms with Crippen LogP contribution in [0.2, 0.25) is 0 Å². The Kier molecular flexibility index (Phi) is 4.25. The van der Waals surface area contributed by atoms with E-state index in [4.69, 9.17) is 9.47 Å². The molecule has 1 aromatic heterocycles. The third kappa shape index (κ3) is 3.42. The lowest BCUT2D eigenvalue weighted by atomic mass is 9.77. The number of benzene rings is 1. The van der Waals surface area contributed by atoms with Crippen molar-refractivity contribution in [1.82, 2.24) is 4.98 Å². The standard InChI is InChI=1S/C20H24N2O3/c1-20(11-15-3-4-17-18(9-15)25-14-24-17)6-2-8-22(13-20)19-10-16(12-23)5-7-21-19/h3-5,7,9-10,23H,2,6,8,11-14H2,1H3/t20-/m1/s1. The summed E-state index contributed by atoms with van der Waals surface area (Å²) in [5.74, 6) is 2.65. The molecule has 1 aromatic carbocycles. The van der Waals surface area contributed by atoms with Crippen molar-refractivity contribution in [2.75, 3.05) is 24.8 Å². The van der Waals surface area contributed by atoms with E-state index in [1.807, 2.05) is 18.2 Å². The average molecular weight is 340 g/mol. The molecule has 132 valence electrons. The van der Waals surface area contributed by atoms with Gasteiger partial charge in [0, 0.05) is 19.3 Å². The van der Waals surface area contributed by atoms with Gasteiger partial charge >= 0.3 is 0 Å². The monoisotopic (exact) mass is 340 g/mol. The third-order valence-corrected chi connectivity index (χ3v) is 5.17. The van der Waals surface area contributed by atoms with Gasteiger partial charge in [0.05, 0.1) is 6.61 Å². The van der Waals surface area contributed by atoms with Crippen LogP contribution in [-0.4, -0.2) is 30.0 Å². The Morgan fingerprint density at radius 2 is 2.04 bits per heavy atom. The third-order valence-electron chi connectivity index (χ3n) is 5.17. The largest absolute Gasteiger partial charge is 0.454 e. The molecule has 0 amide bonds. The fraction of sp³-hybridized carbons (Fsp3) is 0.450. The minimum absolute atomic E-state index is 0.0534. The molecule has 2 aliphatic heterocycles. The first-order chi connectivity index (χ1) is 12.1. The van der Waals surface area contributed by atoms with E-state index in [-0.39, 0.29) is 12.0 Å². The molecule has 2 aromatic rings. The molecule has 0 saturated carbocycles. The quantitative estimate of drug-likeness (QED) is 0.927. The Morgan fingerprint density at radius 3 is 2.92 bits per heavy atom. The predicted octanol–water partition coefficient (Wildman–Crippen LogP) is 3.15. The van der Waals surface area contributed by atoms with Crippen molar-refractivity contribution in [2.45, 2.75) is 32.8 Å². The summed E-state index contributed by atoms with van der Waals surface area (Å²) in [6, 6.07) is 10.1. The maximum absolute atomic E-state index is 9.37. The molecule has 0 radical (unpaired) electrons. The number of pyridine rings is 1. The van der Waals surface area contributed by atoms with Crippen molar-refractivity contribution < 1.29 is 14.6 Å². The van der Waals surface area contributed by atoms with Crippen LogP contribution in [0.5, 0.6) is 11.5 Å². The number of hydrogen-bond donors (Lipinski definition) is 1. The van der Waals surface area contributed by atoms with Gasteiger partial charge in [-0.05, 0) is 60.1 Å². The highest BCUT2D eigenvalue weighted by Gasteiger charge is 2.32. The summed E-state index contributed by atoms with van der Waals surface area (Å²) in [6.45, 7) is 4.69. The molecule has 4 rings (SSSR count). The number of aliphatic hydroxyl groups excluding tert-OH is 1. The van der Waals surface area contributed by atoms with E-state index < -0.39 is 0 Å². The van der Waals surface area contributed by atoms with Crippen LogP contribution in [-0.2, 0) is 13.0 Å². The summed E-state index contributed by atoms with van der Waals surface area (Å²) in [7, 11) is 0. The van der Waals surface area contributed by atoms with E-state index in [1.54, 1.807) is 6.20 Å². The highest BCUT2D eigenvalue weighted by Crippen LogP contribution is 2.38. The van der Waals surface area contributed by atoms with Crippen LogP contribution >= 0.6 is 0 Å². The minimum Gasteiger partial charge on any atom is -0.454 e. The molecule has 5 heteroatoms. The molecule has 1 saturated heterocycles. The normalized spacial score (nSPS) is 22.2. The lowest BCUT2D eigenvalue weighted by Crippen LogP contribution is -2.43. The maximum Gasteiger partial charge on any atom is 0.231 e. The van der Waals surface area contributed by atoms with Crippen LogP contribution in [0.25, 0.3) is 0 Å². The van der Waals surface area contributed by atoms with Crippen LogP contribution in [0.3, 0.4) is 0 Å². The molecular formula is C20H24N2O3. The van der Waals surface area contributed by atoms with Gasteiger partial charge in [0.15, 0.2) is 11.5 Å². The Labute approximate surface area is 148 Å². The summed E-state index contributed by atoms with van der Waals surface area (Å²) in [4.78, 5) is 6.85.